The van der Waals surface area contributed by atoms with Gasteiger partial charge in [-0.2, -0.15) is 0 Å². The van der Waals surface area contributed by atoms with Gasteiger partial charge in [0, 0.05) is 29.6 Å². The molecule has 0 aromatic heterocycles. The summed E-state index contributed by atoms with van der Waals surface area (Å²) in [6, 6.07) is 9.54. The largest absolute Gasteiger partial charge is 0.314 e. The van der Waals surface area contributed by atoms with E-state index in [0.717, 1.165) is 17.6 Å². The predicted molar refractivity (Wildman–Crippen MR) is 62.4 cm³/mol. The highest BCUT2D eigenvalue weighted by Gasteiger charge is 2.18. The average molecular weight is 255 g/mol. The van der Waals surface area contributed by atoms with Crippen LogP contribution in [0.25, 0.3) is 0 Å². The van der Waals surface area contributed by atoms with Gasteiger partial charge in [-0.3, -0.25) is 0 Å². The predicted octanol–water partition coefficient (Wildman–Crippen LogP) is 2.07. The first-order valence-corrected chi connectivity index (χ1v) is 5.77. The van der Waals surface area contributed by atoms with E-state index in [0.29, 0.717) is 12.1 Å². The van der Waals surface area contributed by atoms with E-state index in [4.69, 9.17) is 0 Å². The highest BCUT2D eigenvalue weighted by atomic mass is 79.9. The maximum atomic E-state index is 3.58. The molecule has 1 aromatic rings. The molecule has 1 atom stereocenters. The van der Waals surface area contributed by atoms with Crippen LogP contribution in [0.4, 0.5) is 0 Å². The lowest BCUT2D eigenvalue weighted by Crippen LogP contribution is -2.55. The van der Waals surface area contributed by atoms with Gasteiger partial charge in [-0.15, -0.1) is 0 Å². The summed E-state index contributed by atoms with van der Waals surface area (Å²) in [4.78, 5) is 0. The third-order valence-electron chi connectivity index (χ3n) is 2.62. The SMILES string of the molecule is CC(NC1CNC1)c1cccc(Br)c1. The molecule has 0 amide bonds. The Labute approximate surface area is 93.2 Å². The normalized spacial score (nSPS) is 19.0. The van der Waals surface area contributed by atoms with Crippen LogP contribution in [-0.4, -0.2) is 19.1 Å². The molecule has 14 heavy (non-hydrogen) atoms. The molecule has 1 fully saturated rings. The van der Waals surface area contributed by atoms with Gasteiger partial charge in [0.05, 0.1) is 0 Å². The van der Waals surface area contributed by atoms with Crippen molar-refractivity contribution < 1.29 is 0 Å². The number of hydrogen-bond acceptors (Lipinski definition) is 2. The Kier molecular flexibility index (Phi) is 3.21. The van der Waals surface area contributed by atoms with Crippen LogP contribution in [-0.2, 0) is 0 Å². The third kappa shape index (κ3) is 2.35. The molecule has 0 aliphatic carbocycles. The molecule has 2 nitrogen and oxygen atoms in total. The molecule has 1 aromatic carbocycles. The molecule has 1 unspecified atom stereocenters. The van der Waals surface area contributed by atoms with E-state index in [2.05, 4.69) is 57.8 Å². The Morgan fingerprint density at radius 3 is 2.86 bits per heavy atom. The fraction of sp³-hybridized carbons (Fsp3) is 0.455. The molecular formula is C11H15BrN2. The molecule has 0 radical (unpaired) electrons. The minimum absolute atomic E-state index is 0.430. The lowest BCUT2D eigenvalue weighted by molar-refractivity contribution is 0.338. The number of hydrogen-bond donors (Lipinski definition) is 2. The summed E-state index contributed by atoms with van der Waals surface area (Å²) in [6.07, 6.45) is 0. The van der Waals surface area contributed by atoms with Crippen LogP contribution in [0, 0.1) is 0 Å². The zero-order valence-corrected chi connectivity index (χ0v) is 9.84. The zero-order valence-electron chi connectivity index (χ0n) is 8.26. The van der Waals surface area contributed by atoms with E-state index in [1.54, 1.807) is 0 Å². The Balaban J connectivity index is 1.98. The molecule has 1 aliphatic rings. The van der Waals surface area contributed by atoms with Crippen LogP contribution < -0.4 is 10.6 Å². The van der Waals surface area contributed by atoms with Crippen molar-refractivity contribution in [3.8, 4) is 0 Å². The second kappa shape index (κ2) is 4.43. The maximum Gasteiger partial charge on any atom is 0.0322 e. The van der Waals surface area contributed by atoms with Crippen LogP contribution in [0.5, 0.6) is 0 Å². The van der Waals surface area contributed by atoms with Gasteiger partial charge in [0.2, 0.25) is 0 Å². The van der Waals surface area contributed by atoms with E-state index in [1.807, 2.05) is 0 Å². The maximum absolute atomic E-state index is 3.58. The highest BCUT2D eigenvalue weighted by Crippen LogP contribution is 2.18. The smallest absolute Gasteiger partial charge is 0.0322 e. The molecule has 76 valence electrons. The van der Waals surface area contributed by atoms with Crippen molar-refractivity contribution >= 4 is 15.9 Å². The molecule has 0 spiro atoms. The van der Waals surface area contributed by atoms with E-state index in [9.17, 15) is 0 Å². The van der Waals surface area contributed by atoms with Gasteiger partial charge in [-0.1, -0.05) is 28.1 Å². The van der Waals surface area contributed by atoms with Crippen LogP contribution >= 0.6 is 15.9 Å². The van der Waals surface area contributed by atoms with Crippen LogP contribution in [0.3, 0.4) is 0 Å². The van der Waals surface area contributed by atoms with Gasteiger partial charge in [0.25, 0.3) is 0 Å². The zero-order chi connectivity index (χ0) is 9.97. The first kappa shape index (κ1) is 10.1. The van der Waals surface area contributed by atoms with Crippen molar-refractivity contribution in [3.63, 3.8) is 0 Å². The second-order valence-electron chi connectivity index (χ2n) is 3.80. The minimum Gasteiger partial charge on any atom is -0.314 e. The Morgan fingerprint density at radius 2 is 2.29 bits per heavy atom. The summed E-state index contributed by atoms with van der Waals surface area (Å²) < 4.78 is 1.15. The minimum atomic E-state index is 0.430. The molecule has 3 heteroatoms. The lowest BCUT2D eigenvalue weighted by atomic mass is 10.1. The molecular weight excluding hydrogens is 240 g/mol. The van der Waals surface area contributed by atoms with Gasteiger partial charge in [0.1, 0.15) is 0 Å². The summed E-state index contributed by atoms with van der Waals surface area (Å²) in [5.41, 5.74) is 1.34. The first-order chi connectivity index (χ1) is 6.75. The van der Waals surface area contributed by atoms with Crippen molar-refractivity contribution in [2.45, 2.75) is 19.0 Å². The van der Waals surface area contributed by atoms with E-state index in [-0.39, 0.29) is 0 Å². The quantitative estimate of drug-likeness (QED) is 0.864. The van der Waals surface area contributed by atoms with Crippen molar-refractivity contribution in [1.82, 2.24) is 10.6 Å². The lowest BCUT2D eigenvalue weighted by Gasteiger charge is -2.31. The van der Waals surface area contributed by atoms with Crippen molar-refractivity contribution in [2.24, 2.45) is 0 Å². The first-order valence-electron chi connectivity index (χ1n) is 4.98. The van der Waals surface area contributed by atoms with Crippen LogP contribution in [0.2, 0.25) is 0 Å². The van der Waals surface area contributed by atoms with E-state index < -0.39 is 0 Å². The summed E-state index contributed by atoms with van der Waals surface area (Å²) in [7, 11) is 0. The number of benzene rings is 1. The Morgan fingerprint density at radius 1 is 1.50 bits per heavy atom. The van der Waals surface area contributed by atoms with Gasteiger partial charge in [-0.25, -0.2) is 0 Å². The Hall–Kier alpha value is -0.380. The van der Waals surface area contributed by atoms with Crippen LogP contribution in [0.15, 0.2) is 28.7 Å². The molecule has 2 N–H and O–H groups in total. The summed E-state index contributed by atoms with van der Waals surface area (Å²) in [5, 5.41) is 6.83. The van der Waals surface area contributed by atoms with Gasteiger partial charge in [-0.05, 0) is 24.6 Å². The van der Waals surface area contributed by atoms with Crippen LogP contribution in [0.1, 0.15) is 18.5 Å². The average Bonchev–Trinajstić information content (AvgIpc) is 2.11. The number of rotatable bonds is 3. The standard InChI is InChI=1S/C11H15BrN2/c1-8(14-11-6-13-7-11)9-3-2-4-10(12)5-9/h2-5,8,11,13-14H,6-7H2,1H3. The molecule has 2 rings (SSSR count). The number of halogens is 1. The van der Waals surface area contributed by atoms with E-state index in [1.165, 1.54) is 5.56 Å². The molecule has 0 saturated carbocycles. The van der Waals surface area contributed by atoms with Crippen molar-refractivity contribution in [1.29, 1.82) is 0 Å². The summed E-state index contributed by atoms with van der Waals surface area (Å²) in [5.74, 6) is 0. The monoisotopic (exact) mass is 254 g/mol. The Bertz CT molecular complexity index is 310. The molecule has 1 saturated heterocycles. The fourth-order valence-corrected chi connectivity index (χ4v) is 2.05. The second-order valence-corrected chi connectivity index (χ2v) is 4.71. The molecule has 0 bridgehead atoms. The highest BCUT2D eigenvalue weighted by molar-refractivity contribution is 9.10. The molecule has 1 heterocycles. The summed E-state index contributed by atoms with van der Waals surface area (Å²) >= 11 is 3.49. The van der Waals surface area contributed by atoms with Gasteiger partial charge >= 0.3 is 0 Å². The molecule has 1 aliphatic heterocycles. The van der Waals surface area contributed by atoms with Gasteiger partial charge < -0.3 is 10.6 Å². The fourth-order valence-electron chi connectivity index (χ4n) is 1.63. The number of nitrogens with one attached hydrogen (secondary N) is 2. The van der Waals surface area contributed by atoms with Crippen molar-refractivity contribution in [2.75, 3.05) is 13.1 Å². The summed E-state index contributed by atoms with van der Waals surface area (Å²) in [6.45, 7) is 4.40. The third-order valence-corrected chi connectivity index (χ3v) is 3.11. The van der Waals surface area contributed by atoms with E-state index >= 15 is 0 Å². The topological polar surface area (TPSA) is 24.1 Å². The van der Waals surface area contributed by atoms with Crippen molar-refractivity contribution in [3.05, 3.63) is 34.3 Å². The van der Waals surface area contributed by atoms with Gasteiger partial charge in [0.15, 0.2) is 0 Å².